The normalized spacial score (nSPS) is 15.9. The first-order chi connectivity index (χ1) is 14.3. The molecule has 4 aromatic rings. The number of pyridine rings is 2. The van der Waals surface area contributed by atoms with E-state index in [0.29, 0.717) is 5.88 Å². The molecule has 0 radical (unpaired) electrons. The maximum Gasteiger partial charge on any atom is 0.381 e. The third-order valence-electron chi connectivity index (χ3n) is 5.41. The molecule has 4 nitrogen and oxygen atoms in total. The molecule has 138 valence electrons. The van der Waals surface area contributed by atoms with Gasteiger partial charge in [-0.25, -0.2) is 4.98 Å². The minimum Gasteiger partial charge on any atom is -0.438 e. The zero-order chi connectivity index (χ0) is 19.4. The third kappa shape index (κ3) is 2.32. The summed E-state index contributed by atoms with van der Waals surface area (Å²) in [5, 5.41) is 0. The first-order valence-corrected chi connectivity index (χ1v) is 9.54. The average Bonchev–Trinajstić information content (AvgIpc) is 2.77. The molecule has 0 amide bonds. The lowest BCUT2D eigenvalue weighted by molar-refractivity contribution is -0.676. The van der Waals surface area contributed by atoms with E-state index >= 15 is 0 Å². The Morgan fingerprint density at radius 2 is 1.28 bits per heavy atom. The zero-order valence-corrected chi connectivity index (χ0v) is 15.8. The highest BCUT2D eigenvalue weighted by atomic mass is 16.5. The van der Waals surface area contributed by atoms with Gasteiger partial charge in [-0.1, -0.05) is 36.4 Å². The van der Waals surface area contributed by atoms with E-state index in [9.17, 15) is 0 Å². The Morgan fingerprint density at radius 3 is 2.07 bits per heavy atom. The van der Waals surface area contributed by atoms with E-state index in [1.165, 1.54) is 0 Å². The number of fused-ring (bicyclic) bond motifs is 4. The van der Waals surface area contributed by atoms with Gasteiger partial charge in [0.1, 0.15) is 18.5 Å². The first-order valence-electron chi connectivity index (χ1n) is 9.54. The van der Waals surface area contributed by atoms with Crippen LogP contribution in [0.2, 0.25) is 0 Å². The smallest absolute Gasteiger partial charge is 0.381 e. The number of rotatable bonds is 0. The van der Waals surface area contributed by atoms with Crippen LogP contribution >= 0.6 is 0 Å². The molecular formula is C25H17N2O2+. The Bertz CT molecular complexity index is 1280. The van der Waals surface area contributed by atoms with E-state index in [0.717, 1.165) is 50.8 Å². The number of benzene rings is 2. The van der Waals surface area contributed by atoms with Crippen LogP contribution in [-0.2, 0) is 7.05 Å². The molecule has 0 atom stereocenters. The molecule has 4 heteroatoms. The van der Waals surface area contributed by atoms with Crippen molar-refractivity contribution in [2.75, 3.05) is 0 Å². The minimum absolute atomic E-state index is 0.625. The summed E-state index contributed by atoms with van der Waals surface area (Å²) in [6.07, 6.45) is 3.77. The summed E-state index contributed by atoms with van der Waals surface area (Å²) in [6, 6.07) is 24.5. The largest absolute Gasteiger partial charge is 0.438 e. The molecular weight excluding hydrogens is 360 g/mol. The van der Waals surface area contributed by atoms with Crippen molar-refractivity contribution in [3.05, 3.63) is 107 Å². The molecule has 0 bridgehead atoms. The number of ether oxygens (including phenoxy) is 2. The van der Waals surface area contributed by atoms with Gasteiger partial charge in [-0.2, -0.15) is 4.57 Å². The Labute approximate surface area is 168 Å². The maximum absolute atomic E-state index is 6.29. The Morgan fingerprint density at radius 1 is 0.655 bits per heavy atom. The zero-order valence-electron chi connectivity index (χ0n) is 15.8. The fraction of sp³-hybridized carbons (Fsp3) is 0.0400. The van der Waals surface area contributed by atoms with Gasteiger partial charge in [0.05, 0.1) is 5.56 Å². The topological polar surface area (TPSA) is 35.2 Å². The van der Waals surface area contributed by atoms with Crippen LogP contribution in [0.5, 0.6) is 23.3 Å². The standard InChI is InChI=1S/C25H17N2O2/c1-27-15-7-11-19-23(17-9-3-5-13-21(17)29-25(19)27)22-16-8-2-4-12-20(16)28-24-18(22)10-6-14-26-24/h2-15H,1H3/q+1/b23-22+. The molecule has 2 aromatic heterocycles. The number of nitrogens with zero attached hydrogens (tertiary/aromatic N) is 2. The summed E-state index contributed by atoms with van der Waals surface area (Å²) in [4.78, 5) is 4.50. The molecule has 2 aliphatic heterocycles. The number of aryl methyl sites for hydroxylation is 1. The lowest BCUT2D eigenvalue weighted by Gasteiger charge is -2.27. The second-order valence-electron chi connectivity index (χ2n) is 7.14. The second-order valence-corrected chi connectivity index (χ2v) is 7.14. The third-order valence-corrected chi connectivity index (χ3v) is 5.41. The van der Waals surface area contributed by atoms with Crippen LogP contribution in [0, 0.1) is 0 Å². The number of hydrogen-bond donors (Lipinski definition) is 0. The highest BCUT2D eigenvalue weighted by Gasteiger charge is 2.34. The molecule has 2 aromatic carbocycles. The van der Waals surface area contributed by atoms with Crippen molar-refractivity contribution in [1.82, 2.24) is 4.98 Å². The van der Waals surface area contributed by atoms with E-state index in [1.807, 2.05) is 66.3 Å². The van der Waals surface area contributed by atoms with Crippen molar-refractivity contribution < 1.29 is 14.0 Å². The van der Waals surface area contributed by atoms with Crippen LogP contribution in [0.4, 0.5) is 0 Å². The average molecular weight is 377 g/mol. The van der Waals surface area contributed by atoms with Crippen molar-refractivity contribution in [1.29, 1.82) is 0 Å². The molecule has 0 spiro atoms. The van der Waals surface area contributed by atoms with Gasteiger partial charge in [0.25, 0.3) is 0 Å². The van der Waals surface area contributed by atoms with Crippen molar-refractivity contribution in [2.24, 2.45) is 7.05 Å². The van der Waals surface area contributed by atoms with Gasteiger partial charge in [0, 0.05) is 40.1 Å². The summed E-state index contributed by atoms with van der Waals surface area (Å²) < 4.78 is 14.4. The van der Waals surface area contributed by atoms with Crippen molar-refractivity contribution in [3.8, 4) is 23.3 Å². The highest BCUT2D eigenvalue weighted by Crippen LogP contribution is 2.51. The Balaban J connectivity index is 1.80. The van der Waals surface area contributed by atoms with Crippen molar-refractivity contribution >= 4 is 11.1 Å². The molecule has 0 saturated carbocycles. The van der Waals surface area contributed by atoms with Gasteiger partial charge in [-0.05, 0) is 30.3 Å². The number of hydrogen-bond acceptors (Lipinski definition) is 3. The van der Waals surface area contributed by atoms with Gasteiger partial charge in [-0.15, -0.1) is 0 Å². The predicted octanol–water partition coefficient (Wildman–Crippen LogP) is 5.12. The lowest BCUT2D eigenvalue weighted by Crippen LogP contribution is -2.31. The van der Waals surface area contributed by atoms with E-state index < -0.39 is 0 Å². The molecule has 0 N–H and O–H groups in total. The van der Waals surface area contributed by atoms with E-state index in [1.54, 1.807) is 6.20 Å². The first kappa shape index (κ1) is 16.1. The van der Waals surface area contributed by atoms with Crippen LogP contribution in [-0.4, -0.2) is 4.98 Å². The van der Waals surface area contributed by atoms with Crippen LogP contribution < -0.4 is 14.0 Å². The van der Waals surface area contributed by atoms with Crippen LogP contribution in [0.15, 0.2) is 85.2 Å². The van der Waals surface area contributed by atoms with E-state index in [2.05, 4.69) is 29.2 Å². The Kier molecular flexibility index (Phi) is 3.35. The number of para-hydroxylation sites is 2. The molecule has 0 fully saturated rings. The lowest BCUT2D eigenvalue weighted by atomic mass is 9.84. The fourth-order valence-electron chi connectivity index (χ4n) is 4.14. The van der Waals surface area contributed by atoms with E-state index in [4.69, 9.17) is 9.47 Å². The van der Waals surface area contributed by atoms with Crippen LogP contribution in [0.1, 0.15) is 22.3 Å². The monoisotopic (exact) mass is 377 g/mol. The van der Waals surface area contributed by atoms with Gasteiger partial charge in [0.15, 0.2) is 6.20 Å². The van der Waals surface area contributed by atoms with Crippen molar-refractivity contribution in [2.45, 2.75) is 0 Å². The molecule has 0 saturated heterocycles. The summed E-state index contributed by atoms with van der Waals surface area (Å²) >= 11 is 0. The van der Waals surface area contributed by atoms with Crippen LogP contribution in [0.25, 0.3) is 11.1 Å². The fourth-order valence-corrected chi connectivity index (χ4v) is 4.14. The summed E-state index contributed by atoms with van der Waals surface area (Å²) in [5.74, 6) is 3.10. The van der Waals surface area contributed by atoms with Crippen molar-refractivity contribution in [3.63, 3.8) is 0 Å². The Hall–Kier alpha value is -3.92. The molecule has 0 aliphatic carbocycles. The highest BCUT2D eigenvalue weighted by molar-refractivity contribution is 6.09. The molecule has 0 unspecified atom stereocenters. The van der Waals surface area contributed by atoms with Gasteiger partial charge < -0.3 is 9.47 Å². The minimum atomic E-state index is 0.625. The quantitative estimate of drug-likeness (QED) is 0.345. The van der Waals surface area contributed by atoms with Gasteiger partial charge in [-0.3, -0.25) is 0 Å². The molecule has 4 heterocycles. The summed E-state index contributed by atoms with van der Waals surface area (Å²) in [6.45, 7) is 0. The SMILES string of the molecule is C[n+]1cccc2c1Oc1ccccc1/C2=C1/c2ccccc2Oc2ncccc21. The van der Waals surface area contributed by atoms with Crippen LogP contribution in [0.3, 0.4) is 0 Å². The summed E-state index contributed by atoms with van der Waals surface area (Å²) in [5.41, 5.74) is 6.39. The molecule has 29 heavy (non-hydrogen) atoms. The van der Waals surface area contributed by atoms with E-state index in [-0.39, 0.29) is 0 Å². The number of aromatic nitrogens is 2. The summed E-state index contributed by atoms with van der Waals surface area (Å²) in [7, 11) is 2.00. The van der Waals surface area contributed by atoms with Gasteiger partial charge >= 0.3 is 5.88 Å². The maximum atomic E-state index is 6.29. The molecule has 6 rings (SSSR count). The predicted molar refractivity (Wildman–Crippen MR) is 110 cm³/mol. The van der Waals surface area contributed by atoms with Gasteiger partial charge in [0.2, 0.25) is 5.88 Å². The second kappa shape index (κ2) is 6.04. The molecule has 2 aliphatic rings.